The monoisotopic (exact) mass is 334 g/mol. The third-order valence-electron chi connectivity index (χ3n) is 4.50. The minimum absolute atomic E-state index is 0.404. The van der Waals surface area contributed by atoms with Gasteiger partial charge in [-0.3, -0.25) is 14.5 Å². The Balaban J connectivity index is 1.44. The molecule has 0 bridgehead atoms. The van der Waals surface area contributed by atoms with Gasteiger partial charge in [0.15, 0.2) is 5.82 Å². The average molecular weight is 334 g/mol. The van der Waals surface area contributed by atoms with Crippen molar-refractivity contribution in [2.45, 2.75) is 45.0 Å². The van der Waals surface area contributed by atoms with Gasteiger partial charge in [-0.05, 0) is 26.1 Å². The standard InChI is InChI=1S/C16H26N6O2/c1-3-16-18-15(19-24-16)12-20(2)13-5-8-21(9-13)10-14(23)11-22-7-4-6-17-22/h4,6-7,13-14,23H,3,5,8-12H2,1-2H3/t13-,14+/m0/s1. The van der Waals surface area contributed by atoms with Crippen LogP contribution in [-0.2, 0) is 19.5 Å². The molecular weight excluding hydrogens is 308 g/mol. The molecule has 1 N–H and O–H groups in total. The maximum absolute atomic E-state index is 10.2. The number of hydrogen-bond acceptors (Lipinski definition) is 7. The van der Waals surface area contributed by atoms with Gasteiger partial charge in [0, 0.05) is 37.9 Å². The molecule has 0 spiro atoms. The number of likely N-dealkylation sites (N-methyl/N-ethyl adjacent to an activating group) is 1. The van der Waals surface area contributed by atoms with Gasteiger partial charge in [0.2, 0.25) is 5.89 Å². The zero-order valence-electron chi connectivity index (χ0n) is 14.4. The highest BCUT2D eigenvalue weighted by molar-refractivity contribution is 4.89. The SMILES string of the molecule is CCc1nc(CN(C)[C@H]2CCN(C[C@@H](O)Cn3cccn3)C2)no1. The van der Waals surface area contributed by atoms with Gasteiger partial charge in [-0.1, -0.05) is 12.1 Å². The lowest BCUT2D eigenvalue weighted by atomic mass is 10.2. The molecule has 0 radical (unpaired) electrons. The molecule has 2 aromatic rings. The Bertz CT molecular complexity index is 614. The second kappa shape index (κ2) is 7.87. The van der Waals surface area contributed by atoms with Crippen molar-refractivity contribution in [3.63, 3.8) is 0 Å². The molecule has 3 heterocycles. The van der Waals surface area contributed by atoms with Crippen LogP contribution in [0.2, 0.25) is 0 Å². The molecule has 0 amide bonds. The maximum Gasteiger partial charge on any atom is 0.226 e. The highest BCUT2D eigenvalue weighted by Crippen LogP contribution is 2.16. The van der Waals surface area contributed by atoms with E-state index in [1.54, 1.807) is 10.9 Å². The van der Waals surface area contributed by atoms with Crippen molar-refractivity contribution in [1.29, 1.82) is 0 Å². The fourth-order valence-corrected chi connectivity index (χ4v) is 3.17. The van der Waals surface area contributed by atoms with Crippen molar-refractivity contribution >= 4 is 0 Å². The van der Waals surface area contributed by atoms with E-state index >= 15 is 0 Å². The van der Waals surface area contributed by atoms with Crippen LogP contribution in [0.5, 0.6) is 0 Å². The first-order valence-electron chi connectivity index (χ1n) is 8.53. The second-order valence-electron chi connectivity index (χ2n) is 6.46. The normalized spacial score (nSPS) is 20.1. The van der Waals surface area contributed by atoms with Crippen molar-refractivity contribution in [3.05, 3.63) is 30.2 Å². The van der Waals surface area contributed by atoms with E-state index < -0.39 is 6.10 Å². The first kappa shape index (κ1) is 17.1. The van der Waals surface area contributed by atoms with Crippen LogP contribution in [-0.4, -0.2) is 73.7 Å². The molecule has 0 aromatic carbocycles. The van der Waals surface area contributed by atoms with Gasteiger partial charge in [0.05, 0.1) is 19.2 Å². The fourth-order valence-electron chi connectivity index (χ4n) is 3.17. The Hall–Kier alpha value is -1.77. The molecule has 8 nitrogen and oxygen atoms in total. The fraction of sp³-hybridized carbons (Fsp3) is 0.688. The Morgan fingerprint density at radius 1 is 1.46 bits per heavy atom. The topological polar surface area (TPSA) is 83.5 Å². The summed E-state index contributed by atoms with van der Waals surface area (Å²) in [5.41, 5.74) is 0. The van der Waals surface area contributed by atoms with Crippen LogP contribution in [0.25, 0.3) is 0 Å². The number of β-amino-alcohol motifs (C(OH)–C–C–N with tert-alkyl or cyclic N) is 1. The predicted molar refractivity (Wildman–Crippen MR) is 88.2 cm³/mol. The third kappa shape index (κ3) is 4.40. The van der Waals surface area contributed by atoms with E-state index in [2.05, 4.69) is 32.1 Å². The lowest BCUT2D eigenvalue weighted by Gasteiger charge is -2.24. The molecule has 132 valence electrons. The molecule has 1 fully saturated rings. The summed E-state index contributed by atoms with van der Waals surface area (Å²) in [6.45, 7) is 5.85. The number of nitrogens with zero attached hydrogens (tertiary/aromatic N) is 6. The summed E-state index contributed by atoms with van der Waals surface area (Å²) in [5.74, 6) is 1.43. The molecule has 0 aliphatic carbocycles. The molecule has 3 rings (SSSR count). The van der Waals surface area contributed by atoms with Crippen molar-refractivity contribution in [3.8, 4) is 0 Å². The Morgan fingerprint density at radius 2 is 2.33 bits per heavy atom. The highest BCUT2D eigenvalue weighted by Gasteiger charge is 2.27. The van der Waals surface area contributed by atoms with E-state index in [1.165, 1.54) is 0 Å². The Labute approximate surface area is 142 Å². The Kier molecular flexibility index (Phi) is 5.60. The van der Waals surface area contributed by atoms with Crippen molar-refractivity contribution < 1.29 is 9.63 Å². The number of rotatable bonds is 8. The highest BCUT2D eigenvalue weighted by atomic mass is 16.5. The number of likely N-dealkylation sites (tertiary alicyclic amines) is 1. The molecule has 2 aromatic heterocycles. The largest absolute Gasteiger partial charge is 0.390 e. The van der Waals surface area contributed by atoms with Gasteiger partial charge in [0.25, 0.3) is 0 Å². The van der Waals surface area contributed by atoms with Crippen LogP contribution in [0, 0.1) is 0 Å². The van der Waals surface area contributed by atoms with Gasteiger partial charge >= 0.3 is 0 Å². The van der Waals surface area contributed by atoms with Crippen LogP contribution >= 0.6 is 0 Å². The first-order valence-corrected chi connectivity index (χ1v) is 8.53. The number of hydrogen-bond donors (Lipinski definition) is 1. The van der Waals surface area contributed by atoms with E-state index in [1.807, 2.05) is 19.2 Å². The Morgan fingerprint density at radius 3 is 3.04 bits per heavy atom. The summed E-state index contributed by atoms with van der Waals surface area (Å²) >= 11 is 0. The summed E-state index contributed by atoms with van der Waals surface area (Å²) in [6.07, 6.45) is 5.05. The number of aryl methyl sites for hydroxylation is 1. The van der Waals surface area contributed by atoms with Crippen LogP contribution in [0.4, 0.5) is 0 Å². The van der Waals surface area contributed by atoms with Crippen LogP contribution in [0.3, 0.4) is 0 Å². The minimum atomic E-state index is -0.404. The molecule has 0 saturated carbocycles. The minimum Gasteiger partial charge on any atom is -0.390 e. The number of aromatic nitrogens is 4. The zero-order valence-corrected chi connectivity index (χ0v) is 14.4. The van der Waals surface area contributed by atoms with Crippen molar-refractivity contribution in [2.75, 3.05) is 26.7 Å². The molecule has 1 saturated heterocycles. The summed E-state index contributed by atoms with van der Waals surface area (Å²) in [7, 11) is 2.09. The lowest BCUT2D eigenvalue weighted by molar-refractivity contribution is 0.101. The van der Waals surface area contributed by atoms with Gasteiger partial charge in [-0.2, -0.15) is 10.1 Å². The molecule has 1 aliphatic heterocycles. The molecule has 2 atom stereocenters. The summed E-state index contributed by atoms with van der Waals surface area (Å²) < 4.78 is 6.93. The summed E-state index contributed by atoms with van der Waals surface area (Å²) in [4.78, 5) is 8.94. The zero-order chi connectivity index (χ0) is 16.9. The lowest BCUT2D eigenvalue weighted by Crippen LogP contribution is -2.37. The van der Waals surface area contributed by atoms with Gasteiger partial charge < -0.3 is 9.63 Å². The number of aliphatic hydroxyl groups excluding tert-OH is 1. The van der Waals surface area contributed by atoms with Crippen LogP contribution in [0.15, 0.2) is 23.0 Å². The maximum atomic E-state index is 10.2. The van der Waals surface area contributed by atoms with Crippen LogP contribution in [0.1, 0.15) is 25.1 Å². The quantitative estimate of drug-likeness (QED) is 0.748. The van der Waals surface area contributed by atoms with E-state index in [0.717, 1.165) is 31.8 Å². The van der Waals surface area contributed by atoms with E-state index in [-0.39, 0.29) is 0 Å². The second-order valence-corrected chi connectivity index (χ2v) is 6.46. The molecular formula is C16H26N6O2. The first-order chi connectivity index (χ1) is 11.6. The number of aliphatic hydroxyl groups is 1. The van der Waals surface area contributed by atoms with Gasteiger partial charge in [-0.15, -0.1) is 0 Å². The summed E-state index contributed by atoms with van der Waals surface area (Å²) in [6, 6.07) is 2.32. The van der Waals surface area contributed by atoms with Crippen molar-refractivity contribution in [2.24, 2.45) is 0 Å². The smallest absolute Gasteiger partial charge is 0.226 e. The summed E-state index contributed by atoms with van der Waals surface area (Å²) in [5, 5.41) is 18.4. The third-order valence-corrected chi connectivity index (χ3v) is 4.50. The van der Waals surface area contributed by atoms with Crippen molar-refractivity contribution in [1.82, 2.24) is 29.7 Å². The van der Waals surface area contributed by atoms with Gasteiger partial charge in [0.1, 0.15) is 0 Å². The predicted octanol–water partition coefficient (Wildman–Crippen LogP) is 0.396. The van der Waals surface area contributed by atoms with E-state index in [0.29, 0.717) is 31.6 Å². The molecule has 8 heteroatoms. The molecule has 1 aliphatic rings. The molecule has 24 heavy (non-hydrogen) atoms. The molecule has 0 unspecified atom stereocenters. The van der Waals surface area contributed by atoms with E-state index in [9.17, 15) is 5.11 Å². The van der Waals surface area contributed by atoms with Crippen LogP contribution < -0.4 is 0 Å². The van der Waals surface area contributed by atoms with E-state index in [4.69, 9.17) is 4.52 Å². The average Bonchev–Trinajstić information content (AvgIpc) is 3.28. The van der Waals surface area contributed by atoms with Gasteiger partial charge in [-0.25, -0.2) is 0 Å².